The van der Waals surface area contributed by atoms with Crippen LogP contribution in [0.5, 0.6) is 0 Å². The molecule has 0 radical (unpaired) electrons. The van der Waals surface area contributed by atoms with Crippen LogP contribution in [0.1, 0.15) is 46.0 Å². The van der Waals surface area contributed by atoms with E-state index in [2.05, 4.69) is 13.8 Å². The van der Waals surface area contributed by atoms with Gasteiger partial charge in [0.25, 0.3) is 0 Å². The van der Waals surface area contributed by atoms with Gasteiger partial charge in [-0.05, 0) is 30.6 Å². The molecular weight excluding hydrogens is 222 g/mol. The fraction of sp³-hybridized carbons (Fsp3) is 1.00. The number of nitrogens with zero attached hydrogens (tertiary/aromatic N) is 1. The summed E-state index contributed by atoms with van der Waals surface area (Å²) in [7, 11) is -1.30. The van der Waals surface area contributed by atoms with Gasteiger partial charge in [0.1, 0.15) is 0 Å². The molecule has 0 aromatic heterocycles. The van der Waals surface area contributed by atoms with Gasteiger partial charge in [-0.1, -0.05) is 26.7 Å². The summed E-state index contributed by atoms with van der Waals surface area (Å²) in [5, 5.41) is -0.122. The maximum Gasteiger partial charge on any atom is 0.217 e. The van der Waals surface area contributed by atoms with Crippen LogP contribution in [0.15, 0.2) is 0 Å². The molecule has 0 spiro atoms. The first kappa shape index (κ1) is 12.4. The predicted octanol–water partition coefficient (Wildman–Crippen LogP) is 2.24. The molecule has 1 saturated heterocycles. The molecule has 1 aliphatic carbocycles. The second kappa shape index (κ2) is 3.98. The van der Waals surface area contributed by atoms with E-state index >= 15 is 0 Å². The molecule has 2 fully saturated rings. The van der Waals surface area contributed by atoms with Crippen molar-refractivity contribution in [3.05, 3.63) is 0 Å². The van der Waals surface area contributed by atoms with Gasteiger partial charge in [0.05, 0.1) is 5.25 Å². The van der Waals surface area contributed by atoms with E-state index in [0.717, 1.165) is 25.7 Å². The predicted molar refractivity (Wildman–Crippen MR) is 65.7 cm³/mol. The Bertz CT molecular complexity index is 361. The number of fused-ring (bicyclic) bond motifs is 1. The highest BCUT2D eigenvalue weighted by atomic mass is 32.2. The molecule has 0 amide bonds. The lowest BCUT2D eigenvalue weighted by Gasteiger charge is -2.39. The van der Waals surface area contributed by atoms with Crippen molar-refractivity contribution in [3.63, 3.8) is 0 Å². The lowest BCUT2D eigenvalue weighted by molar-refractivity contribution is 0.155. The van der Waals surface area contributed by atoms with Gasteiger partial charge in [-0.15, -0.1) is 0 Å². The summed E-state index contributed by atoms with van der Waals surface area (Å²) in [5.74, 6) is 0.358. The largest absolute Gasteiger partial charge is 0.217 e. The van der Waals surface area contributed by atoms with E-state index in [4.69, 9.17) is 0 Å². The first-order valence-corrected chi connectivity index (χ1v) is 7.81. The third-order valence-corrected chi connectivity index (χ3v) is 6.98. The van der Waals surface area contributed by atoms with Gasteiger partial charge in [-0.2, -0.15) is 0 Å². The molecular formula is C12H23NO2S. The quantitative estimate of drug-likeness (QED) is 0.656. The van der Waals surface area contributed by atoms with Crippen LogP contribution in [0.2, 0.25) is 0 Å². The fourth-order valence-corrected chi connectivity index (χ4v) is 5.53. The Balaban J connectivity index is 2.40. The number of hydrogen-bond acceptors (Lipinski definition) is 2. The Kier molecular flexibility index (Phi) is 3.08. The summed E-state index contributed by atoms with van der Waals surface area (Å²) >= 11 is 0. The monoisotopic (exact) mass is 245 g/mol. The van der Waals surface area contributed by atoms with E-state index in [0.29, 0.717) is 12.5 Å². The highest BCUT2D eigenvalue weighted by Crippen LogP contribution is 2.46. The number of sulfonamides is 1. The van der Waals surface area contributed by atoms with Gasteiger partial charge in [0, 0.05) is 13.6 Å². The minimum absolute atomic E-state index is 0.122. The van der Waals surface area contributed by atoms with Crippen molar-refractivity contribution >= 4 is 10.0 Å². The van der Waals surface area contributed by atoms with E-state index in [-0.39, 0.29) is 10.7 Å². The van der Waals surface area contributed by atoms with Crippen molar-refractivity contribution in [2.24, 2.45) is 11.3 Å². The van der Waals surface area contributed by atoms with Crippen molar-refractivity contribution in [2.75, 3.05) is 13.6 Å². The van der Waals surface area contributed by atoms with Crippen LogP contribution < -0.4 is 0 Å². The highest BCUT2D eigenvalue weighted by Gasteiger charge is 2.47. The minimum atomic E-state index is -3.04. The molecule has 16 heavy (non-hydrogen) atoms. The molecule has 0 N–H and O–H groups in total. The van der Waals surface area contributed by atoms with Crippen molar-refractivity contribution in [1.29, 1.82) is 0 Å². The lowest BCUT2D eigenvalue weighted by atomic mass is 9.69. The molecule has 0 aromatic rings. The summed E-state index contributed by atoms with van der Waals surface area (Å²) in [6.45, 7) is 5.16. The third kappa shape index (κ3) is 1.90. The average molecular weight is 245 g/mol. The first-order chi connectivity index (χ1) is 7.36. The Hall–Kier alpha value is -0.0900. The highest BCUT2D eigenvalue weighted by molar-refractivity contribution is 7.89. The standard InChI is InChI=1S/C12H23NO2S/c1-12(2)8-9-13(3)16(14,15)11-7-5-4-6-10(11)12/h10-11H,4-9H2,1-3H3. The van der Waals surface area contributed by atoms with Crippen LogP contribution in [-0.4, -0.2) is 31.6 Å². The van der Waals surface area contributed by atoms with Crippen LogP contribution in [0.25, 0.3) is 0 Å². The van der Waals surface area contributed by atoms with E-state index in [9.17, 15) is 8.42 Å². The smallest absolute Gasteiger partial charge is 0.212 e. The zero-order valence-electron chi connectivity index (χ0n) is 10.6. The first-order valence-electron chi connectivity index (χ1n) is 6.31. The van der Waals surface area contributed by atoms with Crippen LogP contribution in [-0.2, 0) is 10.0 Å². The molecule has 4 heteroatoms. The van der Waals surface area contributed by atoms with Crippen LogP contribution in [0.4, 0.5) is 0 Å². The Labute approximate surface area is 99.3 Å². The molecule has 2 unspecified atom stereocenters. The maximum absolute atomic E-state index is 12.4. The molecule has 2 atom stereocenters. The zero-order chi connectivity index (χ0) is 12.0. The molecule has 3 nitrogen and oxygen atoms in total. The summed E-state index contributed by atoms with van der Waals surface area (Å²) in [5.41, 5.74) is 0.170. The number of hydrogen-bond donors (Lipinski definition) is 0. The Morgan fingerprint density at radius 3 is 2.50 bits per heavy atom. The average Bonchev–Trinajstić information content (AvgIpc) is 2.31. The summed E-state index contributed by atoms with van der Waals surface area (Å²) in [6.07, 6.45) is 5.21. The fourth-order valence-electron chi connectivity index (χ4n) is 3.34. The van der Waals surface area contributed by atoms with Gasteiger partial charge in [-0.3, -0.25) is 0 Å². The Morgan fingerprint density at radius 2 is 1.81 bits per heavy atom. The van der Waals surface area contributed by atoms with Gasteiger partial charge in [0.15, 0.2) is 0 Å². The molecule has 0 aromatic carbocycles. The molecule has 2 aliphatic rings. The van der Waals surface area contributed by atoms with Crippen molar-refractivity contribution < 1.29 is 8.42 Å². The zero-order valence-corrected chi connectivity index (χ0v) is 11.4. The Morgan fingerprint density at radius 1 is 1.19 bits per heavy atom. The van der Waals surface area contributed by atoms with E-state index in [1.54, 1.807) is 11.4 Å². The third-order valence-electron chi connectivity index (χ3n) is 4.59. The summed E-state index contributed by atoms with van der Waals surface area (Å²) < 4.78 is 26.3. The van der Waals surface area contributed by atoms with E-state index in [1.165, 1.54) is 6.42 Å². The van der Waals surface area contributed by atoms with E-state index in [1.807, 2.05) is 0 Å². The maximum atomic E-state index is 12.4. The van der Waals surface area contributed by atoms with Gasteiger partial charge in [-0.25, -0.2) is 12.7 Å². The summed E-state index contributed by atoms with van der Waals surface area (Å²) in [4.78, 5) is 0. The van der Waals surface area contributed by atoms with Crippen molar-refractivity contribution in [2.45, 2.75) is 51.2 Å². The molecule has 2 rings (SSSR count). The minimum Gasteiger partial charge on any atom is -0.212 e. The van der Waals surface area contributed by atoms with Gasteiger partial charge in [0.2, 0.25) is 10.0 Å². The number of rotatable bonds is 0. The van der Waals surface area contributed by atoms with Crippen LogP contribution >= 0.6 is 0 Å². The molecule has 1 aliphatic heterocycles. The van der Waals surface area contributed by atoms with Gasteiger partial charge >= 0.3 is 0 Å². The van der Waals surface area contributed by atoms with Gasteiger partial charge < -0.3 is 0 Å². The summed E-state index contributed by atoms with van der Waals surface area (Å²) in [6, 6.07) is 0. The molecule has 0 bridgehead atoms. The van der Waals surface area contributed by atoms with Crippen LogP contribution in [0, 0.1) is 11.3 Å². The van der Waals surface area contributed by atoms with Crippen molar-refractivity contribution in [1.82, 2.24) is 4.31 Å². The topological polar surface area (TPSA) is 37.4 Å². The second-order valence-corrected chi connectivity index (χ2v) is 8.29. The van der Waals surface area contributed by atoms with Crippen molar-refractivity contribution in [3.8, 4) is 0 Å². The normalized spacial score (nSPS) is 38.7. The second-order valence-electron chi connectivity index (χ2n) is 6.03. The van der Waals surface area contributed by atoms with E-state index < -0.39 is 10.0 Å². The lowest BCUT2D eigenvalue weighted by Crippen LogP contribution is -2.42. The van der Waals surface area contributed by atoms with Crippen LogP contribution in [0.3, 0.4) is 0 Å². The molecule has 94 valence electrons. The SMILES string of the molecule is CN1CCC(C)(C)C2CCCCC2S1(=O)=O. The molecule has 1 heterocycles. The molecule has 1 saturated carbocycles.